The summed E-state index contributed by atoms with van der Waals surface area (Å²) in [5, 5.41) is 13.0. The van der Waals surface area contributed by atoms with Crippen LogP contribution < -0.4 is 5.32 Å². The molecule has 6 rings (SSSR count). The van der Waals surface area contributed by atoms with Crippen LogP contribution in [0.1, 0.15) is 17.7 Å². The first-order chi connectivity index (χ1) is 14.8. The standard InChI is InChI=1S/C22H20N8/c1-13-11-30(12-26-13)22-16-9-19(27-18(16)4-7-24-22)20-17-8-15(10-25-21(17)29-28-20)14-2-5-23-6-3-14/h2,4,7-12,23,27H,3,5-6H2,1H3,(H,25,28,29). The molecule has 148 valence electrons. The Bertz CT molecular complexity index is 1420. The van der Waals surface area contributed by atoms with Crippen LogP contribution in [0.25, 0.3) is 44.7 Å². The number of aromatic nitrogens is 7. The molecule has 0 unspecified atom stereocenters. The van der Waals surface area contributed by atoms with Gasteiger partial charge in [0.25, 0.3) is 0 Å². The Labute approximate surface area is 172 Å². The summed E-state index contributed by atoms with van der Waals surface area (Å²) in [6, 6.07) is 6.27. The van der Waals surface area contributed by atoms with Gasteiger partial charge in [-0.25, -0.2) is 15.0 Å². The molecule has 0 saturated carbocycles. The maximum absolute atomic E-state index is 4.58. The molecule has 0 aromatic carbocycles. The largest absolute Gasteiger partial charge is 0.353 e. The highest BCUT2D eigenvalue weighted by atomic mass is 15.2. The average Bonchev–Trinajstić information content (AvgIpc) is 3.51. The van der Waals surface area contributed by atoms with Crippen molar-refractivity contribution in [2.75, 3.05) is 13.1 Å². The Kier molecular flexibility index (Phi) is 3.78. The molecule has 0 radical (unpaired) electrons. The minimum atomic E-state index is 0.713. The third-order valence-electron chi connectivity index (χ3n) is 5.60. The van der Waals surface area contributed by atoms with E-state index in [2.05, 4.69) is 53.7 Å². The number of H-pyrrole nitrogens is 2. The second-order valence-corrected chi connectivity index (χ2v) is 7.58. The second-order valence-electron chi connectivity index (χ2n) is 7.58. The molecule has 0 fully saturated rings. The molecule has 0 saturated heterocycles. The van der Waals surface area contributed by atoms with Crippen molar-refractivity contribution in [3.8, 4) is 17.2 Å². The summed E-state index contributed by atoms with van der Waals surface area (Å²) in [4.78, 5) is 17.0. The van der Waals surface area contributed by atoms with E-state index in [0.29, 0.717) is 5.65 Å². The molecule has 30 heavy (non-hydrogen) atoms. The highest BCUT2D eigenvalue weighted by Gasteiger charge is 2.16. The summed E-state index contributed by atoms with van der Waals surface area (Å²) in [6.07, 6.45) is 10.7. The number of fused-ring (bicyclic) bond motifs is 2. The number of imidazole rings is 1. The topological polar surface area (TPSA) is 100 Å². The van der Waals surface area contributed by atoms with Crippen LogP contribution >= 0.6 is 0 Å². The Balaban J connectivity index is 1.49. The van der Waals surface area contributed by atoms with Gasteiger partial charge in [0.1, 0.15) is 12.1 Å². The van der Waals surface area contributed by atoms with E-state index in [1.165, 1.54) is 5.57 Å². The highest BCUT2D eigenvalue weighted by molar-refractivity contribution is 5.97. The van der Waals surface area contributed by atoms with Crippen molar-refractivity contribution < 1.29 is 0 Å². The minimum Gasteiger partial charge on any atom is -0.353 e. The van der Waals surface area contributed by atoms with Crippen molar-refractivity contribution in [3.05, 3.63) is 60.5 Å². The molecule has 0 amide bonds. The fraction of sp³-hybridized carbons (Fsp3) is 0.182. The molecule has 5 aromatic rings. The van der Waals surface area contributed by atoms with Crippen molar-refractivity contribution >= 4 is 27.5 Å². The summed E-state index contributed by atoms with van der Waals surface area (Å²) < 4.78 is 1.95. The number of rotatable bonds is 3. The van der Waals surface area contributed by atoms with Crippen LogP contribution in [0.4, 0.5) is 0 Å². The predicted molar refractivity (Wildman–Crippen MR) is 116 cm³/mol. The lowest BCUT2D eigenvalue weighted by molar-refractivity contribution is 0.738. The van der Waals surface area contributed by atoms with E-state index in [-0.39, 0.29) is 0 Å². The molecule has 0 aliphatic carbocycles. The number of nitrogens with zero attached hydrogens (tertiary/aromatic N) is 5. The van der Waals surface area contributed by atoms with Gasteiger partial charge < -0.3 is 10.3 Å². The molecule has 3 N–H and O–H groups in total. The monoisotopic (exact) mass is 396 g/mol. The van der Waals surface area contributed by atoms with Gasteiger partial charge in [0.15, 0.2) is 5.65 Å². The first kappa shape index (κ1) is 17.1. The van der Waals surface area contributed by atoms with Gasteiger partial charge in [0.2, 0.25) is 0 Å². The van der Waals surface area contributed by atoms with E-state index in [4.69, 9.17) is 0 Å². The zero-order valence-corrected chi connectivity index (χ0v) is 16.5. The van der Waals surface area contributed by atoms with Gasteiger partial charge in [-0.1, -0.05) is 6.08 Å². The van der Waals surface area contributed by atoms with E-state index in [1.807, 2.05) is 36.1 Å². The van der Waals surface area contributed by atoms with Crippen LogP contribution in [0, 0.1) is 6.92 Å². The van der Waals surface area contributed by atoms with Gasteiger partial charge in [-0.05, 0) is 49.2 Å². The molecule has 5 aromatic heterocycles. The van der Waals surface area contributed by atoms with Crippen LogP contribution in [-0.4, -0.2) is 47.8 Å². The predicted octanol–water partition coefficient (Wildman–Crippen LogP) is 3.37. The minimum absolute atomic E-state index is 0.713. The summed E-state index contributed by atoms with van der Waals surface area (Å²) in [5.41, 5.74) is 7.04. The summed E-state index contributed by atoms with van der Waals surface area (Å²) in [7, 11) is 0. The van der Waals surface area contributed by atoms with Gasteiger partial charge in [0.05, 0.1) is 22.6 Å². The third-order valence-corrected chi connectivity index (χ3v) is 5.60. The first-order valence-corrected chi connectivity index (χ1v) is 9.99. The zero-order valence-electron chi connectivity index (χ0n) is 16.5. The van der Waals surface area contributed by atoms with Crippen LogP contribution in [0.3, 0.4) is 0 Å². The summed E-state index contributed by atoms with van der Waals surface area (Å²) in [6.45, 7) is 3.86. The first-order valence-electron chi connectivity index (χ1n) is 9.99. The Morgan fingerprint density at radius 1 is 1.10 bits per heavy atom. The Morgan fingerprint density at radius 2 is 2.07 bits per heavy atom. The van der Waals surface area contributed by atoms with Crippen molar-refractivity contribution in [2.24, 2.45) is 0 Å². The van der Waals surface area contributed by atoms with Crippen LogP contribution in [-0.2, 0) is 0 Å². The maximum atomic E-state index is 4.58. The van der Waals surface area contributed by atoms with Gasteiger partial charge in [-0.3, -0.25) is 9.67 Å². The lowest BCUT2D eigenvalue weighted by Gasteiger charge is -2.13. The molecular weight excluding hydrogens is 376 g/mol. The molecule has 0 spiro atoms. The van der Waals surface area contributed by atoms with Crippen molar-refractivity contribution in [1.82, 2.24) is 40.0 Å². The van der Waals surface area contributed by atoms with E-state index in [1.54, 1.807) is 6.33 Å². The van der Waals surface area contributed by atoms with Gasteiger partial charge in [0, 0.05) is 35.9 Å². The fourth-order valence-corrected chi connectivity index (χ4v) is 4.08. The van der Waals surface area contributed by atoms with E-state index < -0.39 is 0 Å². The van der Waals surface area contributed by atoms with Gasteiger partial charge >= 0.3 is 0 Å². The number of hydrogen-bond donors (Lipinski definition) is 3. The highest BCUT2D eigenvalue weighted by Crippen LogP contribution is 2.31. The summed E-state index contributed by atoms with van der Waals surface area (Å²) in [5.74, 6) is 0.845. The van der Waals surface area contributed by atoms with Crippen LogP contribution in [0.2, 0.25) is 0 Å². The number of hydrogen-bond acceptors (Lipinski definition) is 5. The lowest BCUT2D eigenvalue weighted by atomic mass is 10.0. The van der Waals surface area contributed by atoms with Crippen molar-refractivity contribution in [3.63, 3.8) is 0 Å². The van der Waals surface area contributed by atoms with Crippen molar-refractivity contribution in [1.29, 1.82) is 0 Å². The lowest BCUT2D eigenvalue weighted by Crippen LogP contribution is -2.20. The van der Waals surface area contributed by atoms with Gasteiger partial charge in [-0.2, -0.15) is 5.10 Å². The van der Waals surface area contributed by atoms with Crippen molar-refractivity contribution in [2.45, 2.75) is 13.3 Å². The Morgan fingerprint density at radius 3 is 2.90 bits per heavy atom. The number of pyridine rings is 2. The molecule has 0 bridgehead atoms. The maximum Gasteiger partial charge on any atom is 0.181 e. The number of aromatic amines is 2. The second kappa shape index (κ2) is 6.64. The third kappa shape index (κ3) is 2.73. The molecule has 1 aliphatic heterocycles. The normalized spacial score (nSPS) is 14.5. The molecule has 8 nitrogen and oxygen atoms in total. The van der Waals surface area contributed by atoms with Gasteiger partial charge in [-0.15, -0.1) is 0 Å². The SMILES string of the molecule is Cc1cn(-c2nccc3[nH]c(-c4[nH]nc5ncc(C6=CCNCC6)cc45)cc23)cn1. The van der Waals surface area contributed by atoms with E-state index >= 15 is 0 Å². The van der Waals surface area contributed by atoms with E-state index in [0.717, 1.165) is 64.3 Å². The molecule has 8 heteroatoms. The average molecular weight is 396 g/mol. The zero-order chi connectivity index (χ0) is 20.1. The number of aryl methyl sites for hydroxylation is 1. The summed E-state index contributed by atoms with van der Waals surface area (Å²) >= 11 is 0. The molecular formula is C22H20N8. The fourth-order valence-electron chi connectivity index (χ4n) is 4.08. The van der Waals surface area contributed by atoms with Crippen LogP contribution in [0.5, 0.6) is 0 Å². The number of nitrogens with one attached hydrogen (secondary N) is 3. The van der Waals surface area contributed by atoms with Crippen LogP contribution in [0.15, 0.2) is 49.2 Å². The quantitative estimate of drug-likeness (QED) is 0.434. The van der Waals surface area contributed by atoms with E-state index in [9.17, 15) is 0 Å². The molecule has 1 aliphatic rings. The molecule has 0 atom stereocenters. The smallest absolute Gasteiger partial charge is 0.181 e. The molecule has 6 heterocycles. The Hall–Kier alpha value is -3.78.